The number of piperidine rings is 1. The molecular formula is C19H25N3O. The van der Waals surface area contributed by atoms with Crippen LogP contribution in [0.15, 0.2) is 36.4 Å². The van der Waals surface area contributed by atoms with Crippen LogP contribution >= 0.6 is 0 Å². The van der Waals surface area contributed by atoms with Crippen molar-refractivity contribution in [3.05, 3.63) is 42.1 Å². The molecule has 1 amide bonds. The maximum absolute atomic E-state index is 12.4. The average molecular weight is 311 g/mol. The number of likely N-dealkylation sites (tertiary alicyclic amines) is 1. The summed E-state index contributed by atoms with van der Waals surface area (Å²) >= 11 is 0. The monoisotopic (exact) mass is 311 g/mol. The first-order valence-corrected chi connectivity index (χ1v) is 8.50. The number of fused-ring (bicyclic) bond motifs is 1. The lowest BCUT2D eigenvalue weighted by Gasteiger charge is -2.34. The molecule has 122 valence electrons. The van der Waals surface area contributed by atoms with Gasteiger partial charge in [0, 0.05) is 5.39 Å². The van der Waals surface area contributed by atoms with Crippen molar-refractivity contribution in [2.24, 2.45) is 5.92 Å². The van der Waals surface area contributed by atoms with Crippen molar-refractivity contribution < 1.29 is 4.79 Å². The highest BCUT2D eigenvalue weighted by molar-refractivity contribution is 5.81. The van der Waals surface area contributed by atoms with E-state index in [-0.39, 0.29) is 11.9 Å². The Kier molecular flexibility index (Phi) is 4.91. The first kappa shape index (κ1) is 15.9. The molecule has 1 N–H and O–H groups in total. The molecule has 0 aliphatic carbocycles. The van der Waals surface area contributed by atoms with Gasteiger partial charge in [-0.3, -0.25) is 14.7 Å². The lowest BCUT2D eigenvalue weighted by atomic mass is 9.98. The summed E-state index contributed by atoms with van der Waals surface area (Å²) < 4.78 is 0. The molecular weight excluding hydrogens is 286 g/mol. The molecule has 1 aromatic heterocycles. The van der Waals surface area contributed by atoms with Gasteiger partial charge in [0.15, 0.2) is 0 Å². The van der Waals surface area contributed by atoms with Crippen LogP contribution in [0, 0.1) is 5.92 Å². The fraction of sp³-hybridized carbons (Fsp3) is 0.474. The van der Waals surface area contributed by atoms with Crippen LogP contribution in [0.2, 0.25) is 0 Å². The second kappa shape index (κ2) is 7.09. The highest BCUT2D eigenvalue weighted by Crippen LogP contribution is 2.18. The minimum atomic E-state index is -0.0667. The van der Waals surface area contributed by atoms with Gasteiger partial charge >= 0.3 is 0 Å². The second-order valence-corrected chi connectivity index (χ2v) is 6.61. The summed E-state index contributed by atoms with van der Waals surface area (Å²) in [4.78, 5) is 19.3. The Balaban J connectivity index is 1.57. The van der Waals surface area contributed by atoms with Gasteiger partial charge in [-0.25, -0.2) is 0 Å². The summed E-state index contributed by atoms with van der Waals surface area (Å²) in [6.07, 6.45) is 2.37. The van der Waals surface area contributed by atoms with Crippen molar-refractivity contribution in [1.29, 1.82) is 0 Å². The summed E-state index contributed by atoms with van der Waals surface area (Å²) in [7, 11) is 0. The van der Waals surface area contributed by atoms with E-state index >= 15 is 0 Å². The van der Waals surface area contributed by atoms with E-state index in [1.807, 2.05) is 37.3 Å². The Morgan fingerprint density at radius 3 is 2.78 bits per heavy atom. The molecule has 0 spiro atoms. The van der Waals surface area contributed by atoms with Crippen molar-refractivity contribution in [3.63, 3.8) is 0 Å². The second-order valence-electron chi connectivity index (χ2n) is 6.61. The molecule has 0 saturated carbocycles. The van der Waals surface area contributed by atoms with E-state index in [4.69, 9.17) is 0 Å². The average Bonchev–Trinajstić information content (AvgIpc) is 2.59. The predicted molar refractivity (Wildman–Crippen MR) is 93.0 cm³/mol. The van der Waals surface area contributed by atoms with Crippen LogP contribution in [-0.4, -0.2) is 34.9 Å². The number of pyridine rings is 1. The van der Waals surface area contributed by atoms with Gasteiger partial charge in [-0.1, -0.05) is 31.2 Å². The van der Waals surface area contributed by atoms with Crippen molar-refractivity contribution in [2.75, 3.05) is 13.1 Å². The third kappa shape index (κ3) is 3.88. The van der Waals surface area contributed by atoms with Gasteiger partial charge in [0.25, 0.3) is 0 Å². The molecule has 1 aliphatic heterocycles. The number of hydrogen-bond donors (Lipinski definition) is 1. The fourth-order valence-electron chi connectivity index (χ4n) is 3.11. The quantitative estimate of drug-likeness (QED) is 0.944. The van der Waals surface area contributed by atoms with E-state index in [9.17, 15) is 4.79 Å². The number of carbonyl (C=O) groups excluding carboxylic acids is 1. The highest BCUT2D eigenvalue weighted by atomic mass is 16.2. The third-order valence-corrected chi connectivity index (χ3v) is 4.85. The molecule has 2 heterocycles. The van der Waals surface area contributed by atoms with Crippen molar-refractivity contribution in [3.8, 4) is 0 Å². The Labute approximate surface area is 137 Å². The van der Waals surface area contributed by atoms with Crippen LogP contribution in [0.25, 0.3) is 10.9 Å². The third-order valence-electron chi connectivity index (χ3n) is 4.85. The van der Waals surface area contributed by atoms with Crippen LogP contribution in [-0.2, 0) is 11.3 Å². The standard InChI is InChI=1S/C19H25N3O/c1-14-9-11-22(12-10-14)15(2)19(23)20-13-17-8-7-16-5-3-4-6-18(16)21-17/h3-8,14-15H,9-13H2,1-2H3,(H,20,23). The first-order chi connectivity index (χ1) is 11.1. The summed E-state index contributed by atoms with van der Waals surface area (Å²) in [5.41, 5.74) is 1.87. The number of hydrogen-bond acceptors (Lipinski definition) is 3. The van der Waals surface area contributed by atoms with Gasteiger partial charge in [-0.05, 0) is 50.9 Å². The zero-order valence-corrected chi connectivity index (χ0v) is 14.0. The lowest BCUT2D eigenvalue weighted by Crippen LogP contribution is -2.47. The molecule has 1 fully saturated rings. The van der Waals surface area contributed by atoms with Crippen LogP contribution in [0.4, 0.5) is 0 Å². The number of carbonyl (C=O) groups is 1. The highest BCUT2D eigenvalue weighted by Gasteiger charge is 2.24. The normalized spacial score (nSPS) is 18.0. The molecule has 4 heteroatoms. The predicted octanol–water partition coefficient (Wildman–Crippen LogP) is 2.97. The maximum Gasteiger partial charge on any atom is 0.237 e. The summed E-state index contributed by atoms with van der Waals surface area (Å²) in [6.45, 7) is 6.80. The number of nitrogens with one attached hydrogen (secondary N) is 1. The molecule has 4 nitrogen and oxygen atoms in total. The van der Waals surface area contributed by atoms with E-state index in [1.165, 1.54) is 12.8 Å². The van der Waals surface area contributed by atoms with Crippen molar-refractivity contribution >= 4 is 16.8 Å². The summed E-state index contributed by atoms with van der Waals surface area (Å²) in [5.74, 6) is 0.873. The van der Waals surface area contributed by atoms with Gasteiger partial charge < -0.3 is 5.32 Å². The Bertz CT molecular complexity index is 677. The van der Waals surface area contributed by atoms with E-state index in [2.05, 4.69) is 28.2 Å². The number of rotatable bonds is 4. The number of nitrogens with zero attached hydrogens (tertiary/aromatic N) is 2. The molecule has 1 unspecified atom stereocenters. The molecule has 2 aromatic rings. The summed E-state index contributed by atoms with van der Waals surface area (Å²) in [6, 6.07) is 12.0. The van der Waals surface area contributed by atoms with Gasteiger partial charge in [0.1, 0.15) is 0 Å². The topological polar surface area (TPSA) is 45.2 Å². The smallest absolute Gasteiger partial charge is 0.237 e. The summed E-state index contributed by atoms with van der Waals surface area (Å²) in [5, 5.41) is 4.15. The van der Waals surface area contributed by atoms with E-state index in [0.717, 1.165) is 35.6 Å². The Morgan fingerprint density at radius 1 is 1.26 bits per heavy atom. The van der Waals surface area contributed by atoms with Crippen molar-refractivity contribution in [2.45, 2.75) is 39.3 Å². The van der Waals surface area contributed by atoms with Crippen LogP contribution < -0.4 is 5.32 Å². The largest absolute Gasteiger partial charge is 0.349 e. The van der Waals surface area contributed by atoms with E-state index in [0.29, 0.717) is 6.54 Å². The molecule has 23 heavy (non-hydrogen) atoms. The molecule has 1 saturated heterocycles. The van der Waals surface area contributed by atoms with Crippen LogP contribution in [0.5, 0.6) is 0 Å². The van der Waals surface area contributed by atoms with Gasteiger partial charge in [-0.2, -0.15) is 0 Å². The zero-order chi connectivity index (χ0) is 16.2. The van der Waals surface area contributed by atoms with E-state index in [1.54, 1.807) is 0 Å². The maximum atomic E-state index is 12.4. The van der Waals surface area contributed by atoms with Gasteiger partial charge in [0.2, 0.25) is 5.91 Å². The van der Waals surface area contributed by atoms with Crippen LogP contribution in [0.1, 0.15) is 32.4 Å². The number of benzene rings is 1. The molecule has 0 radical (unpaired) electrons. The Morgan fingerprint density at radius 2 is 2.00 bits per heavy atom. The fourth-order valence-corrected chi connectivity index (χ4v) is 3.11. The number of aromatic nitrogens is 1. The first-order valence-electron chi connectivity index (χ1n) is 8.50. The molecule has 0 bridgehead atoms. The minimum Gasteiger partial charge on any atom is -0.349 e. The SMILES string of the molecule is CC1CCN(C(C)C(=O)NCc2ccc3ccccc3n2)CC1. The lowest BCUT2D eigenvalue weighted by molar-refractivity contribution is -0.126. The number of amides is 1. The minimum absolute atomic E-state index is 0.0667. The molecule has 1 aromatic carbocycles. The molecule has 1 aliphatic rings. The van der Waals surface area contributed by atoms with Crippen molar-refractivity contribution in [1.82, 2.24) is 15.2 Å². The Hall–Kier alpha value is -1.94. The van der Waals surface area contributed by atoms with E-state index < -0.39 is 0 Å². The molecule has 3 rings (SSSR count). The van der Waals surface area contributed by atoms with Gasteiger partial charge in [-0.15, -0.1) is 0 Å². The number of para-hydroxylation sites is 1. The zero-order valence-electron chi connectivity index (χ0n) is 14.0. The molecule has 1 atom stereocenters. The van der Waals surface area contributed by atoms with Crippen LogP contribution in [0.3, 0.4) is 0 Å². The van der Waals surface area contributed by atoms with Gasteiger partial charge in [0.05, 0.1) is 23.8 Å².